The normalized spacial score (nSPS) is 12.5. The van der Waals surface area contributed by atoms with Crippen LogP contribution in [0.5, 0.6) is 5.75 Å². The van der Waals surface area contributed by atoms with Crippen LogP contribution in [0.4, 0.5) is 4.39 Å². The molecule has 0 spiro atoms. The Morgan fingerprint density at radius 1 is 1.10 bits per heavy atom. The van der Waals surface area contributed by atoms with Crippen LogP contribution in [0, 0.1) is 5.82 Å². The molecule has 0 aromatic heterocycles. The molecule has 0 saturated carbocycles. The second kappa shape index (κ2) is 6.37. The van der Waals surface area contributed by atoms with Gasteiger partial charge in [-0.05, 0) is 49.7 Å². The lowest BCUT2D eigenvalue weighted by Crippen LogP contribution is -2.06. The fraction of sp³-hybridized carbons (Fsp3) is 0.250. The molecule has 2 nitrogen and oxygen atoms in total. The number of hydrogen-bond acceptors (Lipinski definition) is 2. The number of aliphatic hydroxyl groups excluding tert-OH is 1. The molecular formula is C16H16BrFO2. The van der Waals surface area contributed by atoms with Crippen LogP contribution in [0.3, 0.4) is 0 Å². The van der Waals surface area contributed by atoms with Crippen molar-refractivity contribution in [3.8, 4) is 5.75 Å². The first-order chi connectivity index (χ1) is 9.47. The molecule has 1 atom stereocenters. The number of ether oxygens (including phenoxy) is 1. The number of benzene rings is 2. The first kappa shape index (κ1) is 15.0. The fourth-order valence-electron chi connectivity index (χ4n) is 1.90. The van der Waals surface area contributed by atoms with Gasteiger partial charge in [0, 0.05) is 10.0 Å². The third kappa shape index (κ3) is 3.58. The standard InChI is InChI=1S/C16H16BrFO2/c1-10(2)20-13-6-3-11(4-7-13)16(19)14-9-12(18)5-8-15(14)17/h3-10,16,19H,1-2H3. The van der Waals surface area contributed by atoms with E-state index in [1.54, 1.807) is 30.3 Å². The van der Waals surface area contributed by atoms with Crippen molar-refractivity contribution in [2.45, 2.75) is 26.1 Å². The molecule has 0 aliphatic rings. The van der Waals surface area contributed by atoms with Crippen LogP contribution in [0.1, 0.15) is 31.1 Å². The van der Waals surface area contributed by atoms with Crippen molar-refractivity contribution in [1.29, 1.82) is 0 Å². The van der Waals surface area contributed by atoms with Gasteiger partial charge in [-0.15, -0.1) is 0 Å². The molecule has 0 heterocycles. The Morgan fingerprint density at radius 2 is 1.75 bits per heavy atom. The van der Waals surface area contributed by atoms with Gasteiger partial charge in [-0.1, -0.05) is 28.1 Å². The summed E-state index contributed by atoms with van der Waals surface area (Å²) in [5.74, 6) is 0.372. The van der Waals surface area contributed by atoms with E-state index in [1.165, 1.54) is 12.1 Å². The van der Waals surface area contributed by atoms with Gasteiger partial charge in [0.25, 0.3) is 0 Å². The quantitative estimate of drug-likeness (QED) is 0.891. The summed E-state index contributed by atoms with van der Waals surface area (Å²) in [7, 11) is 0. The van der Waals surface area contributed by atoms with Crippen LogP contribution in [0.2, 0.25) is 0 Å². The van der Waals surface area contributed by atoms with Gasteiger partial charge in [0.15, 0.2) is 0 Å². The summed E-state index contributed by atoms with van der Waals surface area (Å²) in [5, 5.41) is 10.3. The predicted molar refractivity (Wildman–Crippen MR) is 80.4 cm³/mol. The molecular weight excluding hydrogens is 323 g/mol. The number of aliphatic hydroxyl groups is 1. The van der Waals surface area contributed by atoms with E-state index < -0.39 is 6.10 Å². The zero-order chi connectivity index (χ0) is 14.7. The molecule has 0 fully saturated rings. The van der Waals surface area contributed by atoms with E-state index in [0.717, 1.165) is 5.75 Å². The second-order valence-electron chi connectivity index (χ2n) is 4.80. The number of halogens is 2. The van der Waals surface area contributed by atoms with Gasteiger partial charge in [0.05, 0.1) is 6.10 Å². The predicted octanol–water partition coefficient (Wildman–Crippen LogP) is 4.46. The molecule has 2 aromatic rings. The third-order valence-electron chi connectivity index (χ3n) is 2.82. The minimum atomic E-state index is -0.881. The summed E-state index contributed by atoms with van der Waals surface area (Å²) in [6.45, 7) is 3.90. The summed E-state index contributed by atoms with van der Waals surface area (Å²) < 4.78 is 19.5. The lowest BCUT2D eigenvalue weighted by atomic mass is 10.0. The van der Waals surface area contributed by atoms with Crippen molar-refractivity contribution in [3.05, 3.63) is 63.9 Å². The lowest BCUT2D eigenvalue weighted by Gasteiger charge is -2.15. The van der Waals surface area contributed by atoms with Crippen molar-refractivity contribution >= 4 is 15.9 Å². The highest BCUT2D eigenvalue weighted by molar-refractivity contribution is 9.10. The van der Waals surface area contributed by atoms with E-state index in [0.29, 0.717) is 15.6 Å². The molecule has 4 heteroatoms. The minimum Gasteiger partial charge on any atom is -0.491 e. The highest BCUT2D eigenvalue weighted by Crippen LogP contribution is 2.30. The molecule has 0 bridgehead atoms. The topological polar surface area (TPSA) is 29.5 Å². The van der Waals surface area contributed by atoms with Gasteiger partial charge in [-0.2, -0.15) is 0 Å². The van der Waals surface area contributed by atoms with Crippen molar-refractivity contribution in [2.75, 3.05) is 0 Å². The van der Waals surface area contributed by atoms with E-state index >= 15 is 0 Å². The Morgan fingerprint density at radius 3 is 2.35 bits per heavy atom. The number of hydrogen-bond donors (Lipinski definition) is 1. The molecule has 0 aliphatic carbocycles. The summed E-state index contributed by atoms with van der Waals surface area (Å²) in [5.41, 5.74) is 1.19. The van der Waals surface area contributed by atoms with Gasteiger partial charge in [-0.3, -0.25) is 0 Å². The molecule has 0 aliphatic heterocycles. The van der Waals surface area contributed by atoms with E-state index in [4.69, 9.17) is 4.74 Å². The van der Waals surface area contributed by atoms with Crippen LogP contribution < -0.4 is 4.74 Å². The monoisotopic (exact) mass is 338 g/mol. The summed E-state index contributed by atoms with van der Waals surface area (Å²) >= 11 is 3.32. The van der Waals surface area contributed by atoms with Crippen LogP contribution in [0.25, 0.3) is 0 Å². The van der Waals surface area contributed by atoms with Crippen molar-refractivity contribution in [1.82, 2.24) is 0 Å². The zero-order valence-corrected chi connectivity index (χ0v) is 12.9. The largest absolute Gasteiger partial charge is 0.491 e. The van der Waals surface area contributed by atoms with Gasteiger partial charge >= 0.3 is 0 Å². The van der Waals surface area contributed by atoms with Crippen LogP contribution in [0.15, 0.2) is 46.9 Å². The molecule has 0 amide bonds. The minimum absolute atomic E-state index is 0.100. The SMILES string of the molecule is CC(C)Oc1ccc(C(O)c2cc(F)ccc2Br)cc1. The third-order valence-corrected chi connectivity index (χ3v) is 3.54. The molecule has 2 rings (SSSR count). The van der Waals surface area contributed by atoms with Gasteiger partial charge in [0.1, 0.15) is 17.7 Å². The number of rotatable bonds is 4. The average molecular weight is 339 g/mol. The van der Waals surface area contributed by atoms with Gasteiger partial charge < -0.3 is 9.84 Å². The maximum atomic E-state index is 13.3. The molecule has 20 heavy (non-hydrogen) atoms. The van der Waals surface area contributed by atoms with Crippen molar-refractivity contribution in [2.24, 2.45) is 0 Å². The van der Waals surface area contributed by atoms with E-state index in [-0.39, 0.29) is 11.9 Å². The molecule has 106 valence electrons. The van der Waals surface area contributed by atoms with Gasteiger partial charge in [-0.25, -0.2) is 4.39 Å². The smallest absolute Gasteiger partial charge is 0.123 e. The van der Waals surface area contributed by atoms with E-state index in [1.807, 2.05) is 13.8 Å². The zero-order valence-electron chi connectivity index (χ0n) is 11.3. The maximum absolute atomic E-state index is 13.3. The fourth-order valence-corrected chi connectivity index (χ4v) is 2.37. The molecule has 1 N–H and O–H groups in total. The molecule has 0 saturated heterocycles. The van der Waals surface area contributed by atoms with Crippen molar-refractivity contribution < 1.29 is 14.2 Å². The Labute approximate surface area is 126 Å². The molecule has 1 unspecified atom stereocenters. The van der Waals surface area contributed by atoms with E-state index in [9.17, 15) is 9.50 Å². The van der Waals surface area contributed by atoms with E-state index in [2.05, 4.69) is 15.9 Å². The van der Waals surface area contributed by atoms with Crippen LogP contribution >= 0.6 is 15.9 Å². The Balaban J connectivity index is 2.24. The van der Waals surface area contributed by atoms with Gasteiger partial charge in [0.2, 0.25) is 0 Å². The Bertz CT molecular complexity index is 582. The molecule has 0 radical (unpaired) electrons. The second-order valence-corrected chi connectivity index (χ2v) is 5.66. The summed E-state index contributed by atoms with van der Waals surface area (Å²) in [6.07, 6.45) is -0.781. The average Bonchev–Trinajstić information content (AvgIpc) is 2.41. The van der Waals surface area contributed by atoms with Crippen molar-refractivity contribution in [3.63, 3.8) is 0 Å². The maximum Gasteiger partial charge on any atom is 0.123 e. The highest BCUT2D eigenvalue weighted by Gasteiger charge is 2.14. The first-order valence-corrected chi connectivity index (χ1v) is 7.16. The van der Waals surface area contributed by atoms with Crippen LogP contribution in [-0.2, 0) is 0 Å². The van der Waals surface area contributed by atoms with Crippen LogP contribution in [-0.4, -0.2) is 11.2 Å². The highest BCUT2D eigenvalue weighted by atomic mass is 79.9. The summed E-state index contributed by atoms with van der Waals surface area (Å²) in [6, 6.07) is 11.4. The Hall–Kier alpha value is -1.39. The summed E-state index contributed by atoms with van der Waals surface area (Å²) in [4.78, 5) is 0. The lowest BCUT2D eigenvalue weighted by molar-refractivity contribution is 0.218. The first-order valence-electron chi connectivity index (χ1n) is 6.37. The molecule has 2 aromatic carbocycles. The Kier molecular flexibility index (Phi) is 4.78.